The summed E-state index contributed by atoms with van der Waals surface area (Å²) >= 11 is 0. The van der Waals surface area contributed by atoms with E-state index in [0.29, 0.717) is 11.1 Å². The van der Waals surface area contributed by atoms with Crippen molar-refractivity contribution in [3.8, 4) is 5.75 Å². The van der Waals surface area contributed by atoms with Crippen LogP contribution in [0.25, 0.3) is 11.3 Å². The number of Topliss-reactive ketones (excluding diaryl/α,β-unsaturated/α-hetero) is 2. The highest BCUT2D eigenvalue weighted by Crippen LogP contribution is 2.56. The second-order valence-corrected chi connectivity index (χ2v) is 10.9. The molecule has 37 heavy (non-hydrogen) atoms. The first-order valence-electron chi connectivity index (χ1n) is 12.5. The van der Waals surface area contributed by atoms with Crippen LogP contribution < -0.4 is 5.73 Å². The molecule has 0 aromatic heterocycles. The molecule has 0 radical (unpaired) electrons. The largest absolute Gasteiger partial charge is 0.507 e. The van der Waals surface area contributed by atoms with E-state index in [1.165, 1.54) is 19.0 Å². The molecule has 1 aromatic carbocycles. The number of aliphatic hydroxyl groups is 4. The van der Waals surface area contributed by atoms with Gasteiger partial charge in [-0.2, -0.15) is 0 Å². The van der Waals surface area contributed by atoms with Gasteiger partial charge in [0.1, 0.15) is 17.4 Å². The first-order chi connectivity index (χ1) is 17.3. The first kappa shape index (κ1) is 25.6. The number of aromatic hydroxyl groups is 1. The lowest BCUT2D eigenvalue weighted by Gasteiger charge is -2.56. The van der Waals surface area contributed by atoms with Crippen LogP contribution in [-0.4, -0.2) is 85.9 Å². The average Bonchev–Trinajstić information content (AvgIpc) is 3.35. The standard InChI is InChI=1S/C27H32N2O8/c1-10-12-8-9-13(11-6-4-5-7-11)20(30)15(12)21(31)16-14(10)22(32)18-19(29(2)3)23(33)17(26(28)36)25(35)27(18,37)24(16)34/h6,8-10,14,17-19,22-23,30-33,37H,4-5,7H2,1-3H3,(H2,28,36)/t10-,14+,17?,18+,19-,22-,23?,27-/m0/s1. The molecular formula is C27H32N2O8. The van der Waals surface area contributed by atoms with Crippen molar-refractivity contribution in [1.82, 2.24) is 4.90 Å². The van der Waals surface area contributed by atoms with Crippen LogP contribution in [0, 0.1) is 17.8 Å². The summed E-state index contributed by atoms with van der Waals surface area (Å²) in [7, 11) is 3.05. The number of likely N-dealkylation sites (N-methyl/N-ethyl adjacent to an activating group) is 1. The van der Waals surface area contributed by atoms with Gasteiger partial charge >= 0.3 is 0 Å². The zero-order valence-corrected chi connectivity index (χ0v) is 20.9. The van der Waals surface area contributed by atoms with Crippen molar-refractivity contribution < 1.29 is 39.9 Å². The number of nitrogens with two attached hydrogens (primary N) is 1. The molecule has 10 heteroatoms. The summed E-state index contributed by atoms with van der Waals surface area (Å²) in [4.78, 5) is 41.0. The van der Waals surface area contributed by atoms with Crippen molar-refractivity contribution in [2.24, 2.45) is 23.5 Å². The molecular weight excluding hydrogens is 480 g/mol. The molecule has 5 rings (SSSR count). The number of nitrogens with zero attached hydrogens (tertiary/aromatic N) is 1. The van der Waals surface area contributed by atoms with E-state index in [1.54, 1.807) is 19.1 Å². The molecule has 4 aliphatic carbocycles. The van der Waals surface area contributed by atoms with Crippen molar-refractivity contribution in [3.63, 3.8) is 0 Å². The van der Waals surface area contributed by atoms with Crippen LogP contribution in [0.5, 0.6) is 5.75 Å². The summed E-state index contributed by atoms with van der Waals surface area (Å²) in [5.74, 6) is -9.59. The number of rotatable bonds is 3. The number of fused-ring (bicyclic) bond motifs is 3. The number of hydrogen-bond donors (Lipinski definition) is 6. The van der Waals surface area contributed by atoms with Gasteiger partial charge in [-0.3, -0.25) is 14.4 Å². The molecule has 0 aliphatic heterocycles. The Bertz CT molecular complexity index is 1280. The zero-order chi connectivity index (χ0) is 27.1. The number of ketones is 2. The maximum Gasteiger partial charge on any atom is 0.230 e. The van der Waals surface area contributed by atoms with Crippen LogP contribution in [-0.2, 0) is 14.4 Å². The minimum atomic E-state index is -2.93. The molecule has 2 saturated carbocycles. The Kier molecular flexibility index (Phi) is 5.87. The predicted octanol–water partition coefficient (Wildman–Crippen LogP) is 0.228. The molecule has 2 unspecified atom stereocenters. The quantitative estimate of drug-likeness (QED) is 0.309. The van der Waals surface area contributed by atoms with Gasteiger partial charge in [0.15, 0.2) is 11.4 Å². The number of phenolic OH excluding ortho intramolecular Hbond substituents is 1. The van der Waals surface area contributed by atoms with Crippen molar-refractivity contribution in [2.75, 3.05) is 14.1 Å². The van der Waals surface area contributed by atoms with Crippen LogP contribution in [0.1, 0.15) is 48.8 Å². The Morgan fingerprint density at radius 2 is 1.81 bits per heavy atom. The topological polar surface area (TPSA) is 182 Å². The van der Waals surface area contributed by atoms with E-state index in [9.17, 15) is 39.9 Å². The Balaban J connectivity index is 1.74. The number of allylic oxidation sites excluding steroid dienone is 2. The lowest BCUT2D eigenvalue weighted by molar-refractivity contribution is -0.199. The second kappa shape index (κ2) is 8.49. The molecule has 0 bridgehead atoms. The van der Waals surface area contributed by atoms with Crippen molar-refractivity contribution in [2.45, 2.75) is 56.0 Å². The fourth-order valence-corrected chi connectivity index (χ4v) is 7.15. The minimum Gasteiger partial charge on any atom is -0.507 e. The summed E-state index contributed by atoms with van der Waals surface area (Å²) in [6.45, 7) is 1.72. The number of aliphatic hydroxyl groups excluding tert-OH is 3. The van der Waals surface area contributed by atoms with Gasteiger partial charge in [-0.1, -0.05) is 25.1 Å². The third-order valence-corrected chi connectivity index (χ3v) is 8.88. The number of carbonyl (C=O) groups excluding carboxylic acids is 3. The number of primary amides is 1. The molecule has 1 amide bonds. The molecule has 2 fully saturated rings. The molecule has 10 nitrogen and oxygen atoms in total. The maximum atomic E-state index is 14.0. The van der Waals surface area contributed by atoms with Crippen molar-refractivity contribution in [3.05, 3.63) is 40.5 Å². The number of hydrogen-bond acceptors (Lipinski definition) is 9. The third-order valence-electron chi connectivity index (χ3n) is 8.88. The Hall–Kier alpha value is -3.05. The maximum absolute atomic E-state index is 14.0. The SMILES string of the molecule is C[C@H]1c2ccc(C3=CCCC3)c(O)c2C(O)=C2C(=O)[C@]3(O)C(=O)C(C(N)=O)C(O)[C@@H](N(C)C)[C@@H]3[C@@H](O)[C@@H]21. The molecule has 198 valence electrons. The summed E-state index contributed by atoms with van der Waals surface area (Å²) in [6.07, 6.45) is 1.29. The fourth-order valence-electron chi connectivity index (χ4n) is 7.15. The Labute approximate surface area is 213 Å². The highest BCUT2D eigenvalue weighted by atomic mass is 16.3. The molecule has 8 atom stereocenters. The predicted molar refractivity (Wildman–Crippen MR) is 132 cm³/mol. The zero-order valence-electron chi connectivity index (χ0n) is 20.9. The van der Waals surface area contributed by atoms with Gasteiger partial charge in [0.25, 0.3) is 0 Å². The molecule has 0 heterocycles. The number of phenols is 1. The van der Waals surface area contributed by atoms with Gasteiger partial charge in [0, 0.05) is 29.0 Å². The van der Waals surface area contributed by atoms with Crippen LogP contribution in [0.3, 0.4) is 0 Å². The highest BCUT2D eigenvalue weighted by molar-refractivity contribution is 6.25. The Morgan fingerprint density at radius 1 is 1.14 bits per heavy atom. The van der Waals surface area contributed by atoms with Crippen LogP contribution in [0.4, 0.5) is 0 Å². The van der Waals surface area contributed by atoms with Crippen molar-refractivity contribution >= 4 is 28.8 Å². The molecule has 7 N–H and O–H groups in total. The van der Waals surface area contributed by atoms with Crippen LogP contribution >= 0.6 is 0 Å². The normalized spacial score (nSPS) is 37.3. The van der Waals surface area contributed by atoms with Gasteiger partial charge in [-0.15, -0.1) is 0 Å². The van der Waals surface area contributed by atoms with E-state index in [4.69, 9.17) is 5.73 Å². The van der Waals surface area contributed by atoms with E-state index < -0.39 is 70.8 Å². The fraction of sp³-hybridized carbons (Fsp3) is 0.519. The summed E-state index contributed by atoms with van der Waals surface area (Å²) in [5, 5.41) is 56.9. The van der Waals surface area contributed by atoms with Crippen molar-refractivity contribution in [1.29, 1.82) is 0 Å². The van der Waals surface area contributed by atoms with Crippen LogP contribution in [0.15, 0.2) is 23.8 Å². The lowest BCUT2D eigenvalue weighted by atomic mass is 9.51. The van der Waals surface area contributed by atoms with Gasteiger partial charge in [0.2, 0.25) is 11.7 Å². The average molecular weight is 513 g/mol. The Morgan fingerprint density at radius 3 is 2.38 bits per heavy atom. The number of benzene rings is 1. The number of carbonyl (C=O) groups is 3. The van der Waals surface area contributed by atoms with E-state index in [1.807, 2.05) is 6.08 Å². The van der Waals surface area contributed by atoms with Gasteiger partial charge < -0.3 is 36.2 Å². The summed E-state index contributed by atoms with van der Waals surface area (Å²) in [5.41, 5.74) is 4.03. The first-order valence-corrected chi connectivity index (χ1v) is 12.5. The number of amides is 1. The van der Waals surface area contributed by atoms with Gasteiger partial charge in [0.05, 0.1) is 17.8 Å². The summed E-state index contributed by atoms with van der Waals surface area (Å²) < 4.78 is 0. The van der Waals surface area contributed by atoms with E-state index >= 15 is 0 Å². The third kappa shape index (κ3) is 3.22. The lowest BCUT2D eigenvalue weighted by Crippen LogP contribution is -2.76. The summed E-state index contributed by atoms with van der Waals surface area (Å²) in [6, 6.07) is 2.31. The smallest absolute Gasteiger partial charge is 0.230 e. The van der Waals surface area contributed by atoms with E-state index in [2.05, 4.69) is 0 Å². The molecule has 0 spiro atoms. The molecule has 1 aromatic rings. The molecule has 4 aliphatic rings. The second-order valence-electron chi connectivity index (χ2n) is 10.9. The monoisotopic (exact) mass is 512 g/mol. The van der Waals surface area contributed by atoms with E-state index in [0.717, 1.165) is 24.8 Å². The van der Waals surface area contributed by atoms with Gasteiger partial charge in [-0.05, 0) is 50.4 Å². The molecule has 0 saturated heterocycles. The van der Waals surface area contributed by atoms with Crippen LogP contribution in [0.2, 0.25) is 0 Å². The minimum absolute atomic E-state index is 0.0190. The van der Waals surface area contributed by atoms with E-state index in [-0.39, 0.29) is 16.9 Å². The van der Waals surface area contributed by atoms with Gasteiger partial charge in [-0.25, -0.2) is 0 Å². The highest BCUT2D eigenvalue weighted by Gasteiger charge is 2.71.